The Labute approximate surface area is 109 Å². The lowest BCUT2D eigenvalue weighted by Gasteiger charge is -2.35. The minimum atomic E-state index is -0.447. The van der Waals surface area contributed by atoms with E-state index in [9.17, 15) is 5.11 Å². The highest BCUT2D eigenvalue weighted by Gasteiger charge is 2.26. The van der Waals surface area contributed by atoms with Gasteiger partial charge >= 0.3 is 0 Å². The molecule has 0 aromatic heterocycles. The zero-order chi connectivity index (χ0) is 12.8. The number of hydrogen-bond donors (Lipinski definition) is 1. The third-order valence-corrected chi connectivity index (χ3v) is 3.56. The summed E-state index contributed by atoms with van der Waals surface area (Å²) in [5.41, 5.74) is -0.447. The molecule has 0 bridgehead atoms. The average Bonchev–Trinajstić information content (AvgIpc) is 2.37. The second-order valence-corrected chi connectivity index (χ2v) is 5.35. The van der Waals surface area contributed by atoms with Crippen LogP contribution in [0.2, 0.25) is 0 Å². The summed E-state index contributed by atoms with van der Waals surface area (Å²) in [6, 6.07) is 9.94. The maximum absolute atomic E-state index is 9.86. The number of piperidine rings is 1. The Morgan fingerprint density at radius 1 is 1.22 bits per heavy atom. The molecule has 0 unspecified atom stereocenters. The van der Waals surface area contributed by atoms with Gasteiger partial charge < -0.3 is 14.7 Å². The van der Waals surface area contributed by atoms with E-state index in [4.69, 9.17) is 4.74 Å². The van der Waals surface area contributed by atoms with Gasteiger partial charge in [0.05, 0.1) is 12.2 Å². The number of aliphatic hydroxyl groups is 1. The number of para-hydroxylation sites is 1. The van der Waals surface area contributed by atoms with Gasteiger partial charge in [-0.3, -0.25) is 0 Å². The predicted octanol–water partition coefficient (Wildman–Crippen LogP) is 2.30. The Kier molecular flexibility index (Phi) is 4.61. The van der Waals surface area contributed by atoms with Gasteiger partial charge in [0.1, 0.15) is 5.75 Å². The first-order valence-electron chi connectivity index (χ1n) is 6.78. The zero-order valence-corrected chi connectivity index (χ0v) is 11.1. The fraction of sp³-hybridized carbons (Fsp3) is 0.600. The van der Waals surface area contributed by atoms with Gasteiger partial charge in [0.2, 0.25) is 0 Å². The summed E-state index contributed by atoms with van der Waals surface area (Å²) >= 11 is 0. The lowest BCUT2D eigenvalue weighted by Crippen LogP contribution is -2.42. The van der Waals surface area contributed by atoms with E-state index in [1.165, 1.54) is 0 Å². The highest BCUT2D eigenvalue weighted by atomic mass is 16.5. The van der Waals surface area contributed by atoms with Gasteiger partial charge in [-0.1, -0.05) is 18.2 Å². The van der Waals surface area contributed by atoms with Crippen molar-refractivity contribution in [3.63, 3.8) is 0 Å². The number of nitrogens with zero attached hydrogens (tertiary/aromatic N) is 1. The van der Waals surface area contributed by atoms with Crippen LogP contribution < -0.4 is 4.74 Å². The Bertz CT molecular complexity index is 341. The van der Waals surface area contributed by atoms with Crippen molar-refractivity contribution in [2.45, 2.75) is 31.8 Å². The SMILES string of the molecule is CC1(O)CCN(CCCOc2ccccc2)CC1. The lowest BCUT2D eigenvalue weighted by atomic mass is 9.94. The second kappa shape index (κ2) is 6.21. The summed E-state index contributed by atoms with van der Waals surface area (Å²) < 4.78 is 5.66. The van der Waals surface area contributed by atoms with Gasteiger partial charge in [0.25, 0.3) is 0 Å². The molecule has 100 valence electrons. The van der Waals surface area contributed by atoms with E-state index in [-0.39, 0.29) is 0 Å². The maximum atomic E-state index is 9.86. The Morgan fingerprint density at radius 2 is 1.89 bits per heavy atom. The van der Waals surface area contributed by atoms with Gasteiger partial charge in [-0.2, -0.15) is 0 Å². The van der Waals surface area contributed by atoms with Crippen LogP contribution in [0.5, 0.6) is 5.75 Å². The van der Waals surface area contributed by atoms with Crippen molar-refractivity contribution in [1.29, 1.82) is 0 Å². The molecule has 2 rings (SSSR count). The third-order valence-electron chi connectivity index (χ3n) is 3.56. The molecule has 1 fully saturated rings. The van der Waals surface area contributed by atoms with Gasteiger partial charge in [-0.25, -0.2) is 0 Å². The Hall–Kier alpha value is -1.06. The predicted molar refractivity (Wildman–Crippen MR) is 72.9 cm³/mol. The van der Waals surface area contributed by atoms with Crippen molar-refractivity contribution >= 4 is 0 Å². The van der Waals surface area contributed by atoms with E-state index >= 15 is 0 Å². The van der Waals surface area contributed by atoms with Gasteiger partial charge in [-0.15, -0.1) is 0 Å². The number of rotatable bonds is 5. The van der Waals surface area contributed by atoms with E-state index in [2.05, 4.69) is 4.90 Å². The molecule has 1 aliphatic rings. The molecule has 0 atom stereocenters. The third kappa shape index (κ3) is 4.31. The van der Waals surface area contributed by atoms with Crippen molar-refractivity contribution in [1.82, 2.24) is 4.90 Å². The smallest absolute Gasteiger partial charge is 0.119 e. The first-order chi connectivity index (χ1) is 8.66. The van der Waals surface area contributed by atoms with E-state index in [1.54, 1.807) is 0 Å². The molecule has 1 aromatic carbocycles. The summed E-state index contributed by atoms with van der Waals surface area (Å²) in [5, 5.41) is 9.86. The molecule has 0 spiro atoms. The second-order valence-electron chi connectivity index (χ2n) is 5.35. The first-order valence-corrected chi connectivity index (χ1v) is 6.78. The summed E-state index contributed by atoms with van der Waals surface area (Å²) in [5.74, 6) is 0.944. The van der Waals surface area contributed by atoms with E-state index in [1.807, 2.05) is 37.3 Å². The summed E-state index contributed by atoms with van der Waals surface area (Å²) in [4.78, 5) is 2.41. The van der Waals surface area contributed by atoms with Crippen LogP contribution >= 0.6 is 0 Å². The lowest BCUT2D eigenvalue weighted by molar-refractivity contribution is -0.00603. The minimum Gasteiger partial charge on any atom is -0.494 e. The van der Waals surface area contributed by atoms with Crippen molar-refractivity contribution in [2.24, 2.45) is 0 Å². The monoisotopic (exact) mass is 249 g/mol. The van der Waals surface area contributed by atoms with Crippen LogP contribution in [-0.4, -0.2) is 41.8 Å². The molecule has 0 saturated carbocycles. The molecule has 0 radical (unpaired) electrons. The quantitative estimate of drug-likeness (QED) is 0.813. The average molecular weight is 249 g/mol. The van der Waals surface area contributed by atoms with Crippen molar-refractivity contribution in [3.05, 3.63) is 30.3 Å². The molecule has 3 nitrogen and oxygen atoms in total. The van der Waals surface area contributed by atoms with E-state index in [0.717, 1.165) is 51.3 Å². The molecule has 1 aromatic rings. The van der Waals surface area contributed by atoms with Crippen LogP contribution in [0.15, 0.2) is 30.3 Å². The number of benzene rings is 1. The van der Waals surface area contributed by atoms with Gasteiger partial charge in [0.15, 0.2) is 0 Å². The molecule has 1 N–H and O–H groups in total. The highest BCUT2D eigenvalue weighted by molar-refractivity contribution is 5.20. The van der Waals surface area contributed by atoms with Crippen molar-refractivity contribution < 1.29 is 9.84 Å². The van der Waals surface area contributed by atoms with Gasteiger partial charge in [-0.05, 0) is 38.3 Å². The fourth-order valence-electron chi connectivity index (χ4n) is 2.25. The van der Waals surface area contributed by atoms with Crippen molar-refractivity contribution in [2.75, 3.05) is 26.2 Å². The Balaban J connectivity index is 1.59. The fourth-order valence-corrected chi connectivity index (χ4v) is 2.25. The summed E-state index contributed by atoms with van der Waals surface area (Å²) in [6.45, 7) is 5.75. The molecule has 3 heteroatoms. The van der Waals surface area contributed by atoms with E-state index < -0.39 is 5.60 Å². The van der Waals surface area contributed by atoms with Crippen LogP contribution in [-0.2, 0) is 0 Å². The first kappa shape index (κ1) is 13.4. The maximum Gasteiger partial charge on any atom is 0.119 e. The molecule has 1 saturated heterocycles. The standard InChI is InChI=1S/C15H23NO2/c1-15(17)8-11-16(12-9-15)10-5-13-18-14-6-3-2-4-7-14/h2-4,6-7,17H,5,8-13H2,1H3. The number of hydrogen-bond acceptors (Lipinski definition) is 3. The molecule has 0 amide bonds. The minimum absolute atomic E-state index is 0.447. The van der Waals surface area contributed by atoms with Gasteiger partial charge in [0, 0.05) is 19.6 Å². The molecule has 1 heterocycles. The number of likely N-dealkylation sites (tertiary alicyclic amines) is 1. The van der Waals surface area contributed by atoms with Crippen LogP contribution in [0.4, 0.5) is 0 Å². The van der Waals surface area contributed by atoms with Crippen LogP contribution in [0.1, 0.15) is 26.2 Å². The summed E-state index contributed by atoms with van der Waals surface area (Å²) in [7, 11) is 0. The molecular weight excluding hydrogens is 226 g/mol. The van der Waals surface area contributed by atoms with Crippen LogP contribution in [0.3, 0.4) is 0 Å². The van der Waals surface area contributed by atoms with E-state index in [0.29, 0.717) is 0 Å². The largest absolute Gasteiger partial charge is 0.494 e. The molecular formula is C15H23NO2. The summed E-state index contributed by atoms with van der Waals surface area (Å²) in [6.07, 6.45) is 2.80. The van der Waals surface area contributed by atoms with Crippen LogP contribution in [0.25, 0.3) is 0 Å². The normalized spacial score (nSPS) is 19.7. The number of ether oxygens (including phenoxy) is 1. The Morgan fingerprint density at radius 3 is 2.56 bits per heavy atom. The topological polar surface area (TPSA) is 32.7 Å². The molecule has 18 heavy (non-hydrogen) atoms. The molecule has 1 aliphatic heterocycles. The molecule has 0 aliphatic carbocycles. The van der Waals surface area contributed by atoms with Crippen molar-refractivity contribution in [3.8, 4) is 5.75 Å². The zero-order valence-electron chi connectivity index (χ0n) is 11.1. The van der Waals surface area contributed by atoms with Crippen LogP contribution in [0, 0.1) is 0 Å². The highest BCUT2D eigenvalue weighted by Crippen LogP contribution is 2.21.